The number of halogens is 1. The van der Waals surface area contributed by atoms with Crippen molar-refractivity contribution in [3.63, 3.8) is 0 Å². The van der Waals surface area contributed by atoms with Crippen LogP contribution in [0.25, 0.3) is 10.9 Å². The lowest BCUT2D eigenvalue weighted by Crippen LogP contribution is -2.41. The number of pyridine rings is 1. The van der Waals surface area contributed by atoms with E-state index in [1.165, 1.54) is 0 Å². The maximum absolute atomic E-state index is 12.8. The lowest BCUT2D eigenvalue weighted by atomic mass is 10.0. The van der Waals surface area contributed by atoms with Crippen LogP contribution in [0.5, 0.6) is 5.75 Å². The van der Waals surface area contributed by atoms with Crippen LogP contribution in [0, 0.1) is 0 Å². The van der Waals surface area contributed by atoms with Gasteiger partial charge in [-0.1, -0.05) is 17.7 Å². The lowest BCUT2D eigenvalue weighted by molar-refractivity contribution is 0.0595. The SMILES string of the molecule is O=C(c1ccc2ncccc2c1)N1CCC(Oc2ccc(Cl)cc2)CC1. The van der Waals surface area contributed by atoms with Gasteiger partial charge in [0.05, 0.1) is 5.52 Å². The Morgan fingerprint density at radius 3 is 2.62 bits per heavy atom. The summed E-state index contributed by atoms with van der Waals surface area (Å²) in [5.41, 5.74) is 1.61. The molecule has 2 aromatic carbocycles. The summed E-state index contributed by atoms with van der Waals surface area (Å²) < 4.78 is 6.00. The van der Waals surface area contributed by atoms with Gasteiger partial charge in [0.1, 0.15) is 11.9 Å². The predicted octanol–water partition coefficient (Wildman–Crippen LogP) is 4.57. The van der Waals surface area contributed by atoms with Crippen molar-refractivity contribution < 1.29 is 9.53 Å². The third-order valence-corrected chi connectivity index (χ3v) is 4.95. The molecule has 0 bridgehead atoms. The van der Waals surface area contributed by atoms with Crippen molar-refractivity contribution in [1.82, 2.24) is 9.88 Å². The van der Waals surface area contributed by atoms with Crippen LogP contribution in [0.4, 0.5) is 0 Å². The Balaban J connectivity index is 1.38. The van der Waals surface area contributed by atoms with E-state index in [4.69, 9.17) is 16.3 Å². The summed E-state index contributed by atoms with van der Waals surface area (Å²) in [4.78, 5) is 19.0. The highest BCUT2D eigenvalue weighted by Crippen LogP contribution is 2.22. The third kappa shape index (κ3) is 3.65. The van der Waals surface area contributed by atoms with E-state index in [1.54, 1.807) is 6.20 Å². The van der Waals surface area contributed by atoms with Gasteiger partial charge in [-0.2, -0.15) is 0 Å². The number of aromatic nitrogens is 1. The van der Waals surface area contributed by atoms with Crippen molar-refractivity contribution in [1.29, 1.82) is 0 Å². The molecule has 5 heteroatoms. The molecule has 1 aliphatic rings. The molecule has 4 nitrogen and oxygen atoms in total. The van der Waals surface area contributed by atoms with E-state index in [-0.39, 0.29) is 12.0 Å². The van der Waals surface area contributed by atoms with Gasteiger partial charge in [0.25, 0.3) is 5.91 Å². The molecule has 26 heavy (non-hydrogen) atoms. The molecule has 1 fully saturated rings. The second kappa shape index (κ2) is 7.34. The number of amides is 1. The Morgan fingerprint density at radius 2 is 1.85 bits per heavy atom. The number of hydrogen-bond donors (Lipinski definition) is 0. The lowest BCUT2D eigenvalue weighted by Gasteiger charge is -2.32. The molecule has 3 aromatic rings. The number of fused-ring (bicyclic) bond motifs is 1. The smallest absolute Gasteiger partial charge is 0.253 e. The van der Waals surface area contributed by atoms with Crippen molar-refractivity contribution in [2.45, 2.75) is 18.9 Å². The first-order valence-electron chi connectivity index (χ1n) is 8.75. The first-order chi connectivity index (χ1) is 12.7. The van der Waals surface area contributed by atoms with E-state index in [0.717, 1.165) is 29.5 Å². The summed E-state index contributed by atoms with van der Waals surface area (Å²) in [6.07, 6.45) is 3.53. The fourth-order valence-corrected chi connectivity index (χ4v) is 3.40. The predicted molar refractivity (Wildman–Crippen MR) is 103 cm³/mol. The van der Waals surface area contributed by atoms with Gasteiger partial charge in [-0.05, 0) is 48.5 Å². The van der Waals surface area contributed by atoms with E-state index in [1.807, 2.05) is 59.5 Å². The Kier molecular flexibility index (Phi) is 4.76. The summed E-state index contributed by atoms with van der Waals surface area (Å²) in [5.74, 6) is 0.891. The highest BCUT2D eigenvalue weighted by Gasteiger charge is 2.24. The molecular weight excluding hydrogens is 348 g/mol. The van der Waals surface area contributed by atoms with E-state index < -0.39 is 0 Å². The summed E-state index contributed by atoms with van der Waals surface area (Å²) in [6.45, 7) is 1.39. The quantitative estimate of drug-likeness (QED) is 0.681. The van der Waals surface area contributed by atoms with Gasteiger partial charge >= 0.3 is 0 Å². The average Bonchev–Trinajstić information content (AvgIpc) is 2.69. The van der Waals surface area contributed by atoms with Crippen LogP contribution in [-0.2, 0) is 0 Å². The topological polar surface area (TPSA) is 42.4 Å². The van der Waals surface area contributed by atoms with Gasteiger partial charge in [0.2, 0.25) is 0 Å². The Hall–Kier alpha value is -2.59. The largest absolute Gasteiger partial charge is 0.490 e. The van der Waals surface area contributed by atoms with Crippen LogP contribution in [0.2, 0.25) is 5.02 Å². The van der Waals surface area contributed by atoms with Crippen molar-refractivity contribution >= 4 is 28.4 Å². The Labute approximate surface area is 157 Å². The van der Waals surface area contributed by atoms with Crippen LogP contribution < -0.4 is 4.74 Å². The van der Waals surface area contributed by atoms with Gasteiger partial charge in [-0.3, -0.25) is 9.78 Å². The van der Waals surface area contributed by atoms with Crippen molar-refractivity contribution in [3.8, 4) is 5.75 Å². The number of benzene rings is 2. The van der Waals surface area contributed by atoms with Gasteiger partial charge in [-0.15, -0.1) is 0 Å². The minimum Gasteiger partial charge on any atom is -0.490 e. The summed E-state index contributed by atoms with van der Waals surface area (Å²) in [6, 6.07) is 16.9. The summed E-state index contributed by atoms with van der Waals surface area (Å²) in [5, 5.41) is 1.68. The molecule has 132 valence electrons. The molecule has 1 aromatic heterocycles. The molecule has 0 spiro atoms. The fourth-order valence-electron chi connectivity index (χ4n) is 3.27. The fraction of sp³-hybridized carbons (Fsp3) is 0.238. The van der Waals surface area contributed by atoms with Gasteiger partial charge in [0, 0.05) is 48.1 Å². The van der Waals surface area contributed by atoms with E-state index >= 15 is 0 Å². The molecule has 0 aliphatic carbocycles. The Bertz CT molecular complexity index is 919. The molecule has 0 saturated carbocycles. The number of carbonyl (C=O) groups is 1. The van der Waals surface area contributed by atoms with Gasteiger partial charge in [0.15, 0.2) is 0 Å². The van der Waals surface area contributed by atoms with Gasteiger partial charge in [-0.25, -0.2) is 0 Å². The van der Waals surface area contributed by atoms with Crippen LogP contribution in [0.1, 0.15) is 23.2 Å². The number of carbonyl (C=O) groups excluding carboxylic acids is 1. The van der Waals surface area contributed by atoms with Crippen LogP contribution in [0.3, 0.4) is 0 Å². The zero-order valence-electron chi connectivity index (χ0n) is 14.3. The maximum atomic E-state index is 12.8. The van der Waals surface area contributed by atoms with Crippen LogP contribution in [0.15, 0.2) is 60.8 Å². The monoisotopic (exact) mass is 366 g/mol. The number of piperidine rings is 1. The molecule has 1 amide bonds. The number of nitrogens with zero attached hydrogens (tertiary/aromatic N) is 2. The highest BCUT2D eigenvalue weighted by molar-refractivity contribution is 6.30. The Morgan fingerprint density at radius 1 is 1.08 bits per heavy atom. The number of rotatable bonds is 3. The number of hydrogen-bond acceptors (Lipinski definition) is 3. The third-order valence-electron chi connectivity index (χ3n) is 4.70. The minimum atomic E-state index is 0.0701. The standard InChI is InChI=1S/C21H19ClN2O2/c22-17-4-6-18(7-5-17)26-19-9-12-24(13-10-19)21(25)16-3-8-20-15(14-16)2-1-11-23-20/h1-8,11,14,19H,9-10,12-13H2. The number of ether oxygens (including phenoxy) is 1. The molecule has 1 aliphatic heterocycles. The van der Waals surface area contributed by atoms with E-state index in [0.29, 0.717) is 23.7 Å². The van der Waals surface area contributed by atoms with Crippen molar-refractivity contribution in [2.75, 3.05) is 13.1 Å². The normalized spacial score (nSPS) is 15.2. The molecule has 2 heterocycles. The second-order valence-electron chi connectivity index (χ2n) is 6.47. The molecular formula is C21H19ClN2O2. The van der Waals surface area contributed by atoms with Crippen LogP contribution in [-0.4, -0.2) is 35.0 Å². The van der Waals surface area contributed by atoms with E-state index in [2.05, 4.69) is 4.98 Å². The van der Waals surface area contributed by atoms with Crippen LogP contribution >= 0.6 is 11.6 Å². The molecule has 1 saturated heterocycles. The number of likely N-dealkylation sites (tertiary alicyclic amines) is 1. The first-order valence-corrected chi connectivity index (χ1v) is 9.13. The van der Waals surface area contributed by atoms with Gasteiger partial charge < -0.3 is 9.64 Å². The maximum Gasteiger partial charge on any atom is 0.253 e. The molecule has 0 unspecified atom stereocenters. The second-order valence-corrected chi connectivity index (χ2v) is 6.91. The first kappa shape index (κ1) is 16.9. The highest BCUT2D eigenvalue weighted by atomic mass is 35.5. The summed E-state index contributed by atoms with van der Waals surface area (Å²) in [7, 11) is 0. The minimum absolute atomic E-state index is 0.0701. The zero-order chi connectivity index (χ0) is 17.9. The average molecular weight is 367 g/mol. The molecule has 0 atom stereocenters. The molecule has 0 radical (unpaired) electrons. The van der Waals surface area contributed by atoms with E-state index in [9.17, 15) is 4.79 Å². The molecule has 4 rings (SSSR count). The van der Waals surface area contributed by atoms with Crippen molar-refractivity contribution in [2.24, 2.45) is 0 Å². The van der Waals surface area contributed by atoms with Crippen molar-refractivity contribution in [3.05, 3.63) is 71.4 Å². The summed E-state index contributed by atoms with van der Waals surface area (Å²) >= 11 is 5.90. The zero-order valence-corrected chi connectivity index (χ0v) is 15.0. The molecule has 0 N–H and O–H groups in total.